The predicted octanol–water partition coefficient (Wildman–Crippen LogP) is 0.421. The summed E-state index contributed by atoms with van der Waals surface area (Å²) in [5.41, 5.74) is 2.30. The summed E-state index contributed by atoms with van der Waals surface area (Å²) in [7, 11) is 0. The minimum absolute atomic E-state index is 0.237. The average Bonchev–Trinajstić information content (AvgIpc) is 2.88. The van der Waals surface area contributed by atoms with E-state index in [1.165, 1.54) is 32.4 Å². The smallest absolute Gasteiger partial charge is 0.296 e. The fourth-order valence-corrected chi connectivity index (χ4v) is 3.56. The maximum Gasteiger partial charge on any atom is 0.296 e. The zero-order valence-corrected chi connectivity index (χ0v) is 13.5. The van der Waals surface area contributed by atoms with Gasteiger partial charge in [-0.05, 0) is 38.3 Å². The number of rotatable bonds is 3. The maximum atomic E-state index is 12.0. The van der Waals surface area contributed by atoms with E-state index in [1.54, 1.807) is 16.3 Å². The van der Waals surface area contributed by atoms with Crippen LogP contribution in [-0.2, 0) is 6.54 Å². The van der Waals surface area contributed by atoms with E-state index in [2.05, 4.69) is 20.7 Å². The molecule has 0 saturated carbocycles. The highest BCUT2D eigenvalue weighted by molar-refractivity contribution is 5.80. The monoisotopic (exact) mass is 312 g/mol. The van der Waals surface area contributed by atoms with Crippen LogP contribution in [0.25, 0.3) is 16.8 Å². The quantitative estimate of drug-likeness (QED) is 0.763. The number of fused-ring (bicyclic) bond motifs is 3. The van der Waals surface area contributed by atoms with Gasteiger partial charge < -0.3 is 9.47 Å². The fraction of sp³-hybridized carbons (Fsp3) is 0.471. The van der Waals surface area contributed by atoms with Crippen molar-refractivity contribution in [2.75, 3.05) is 19.6 Å². The molecule has 1 fully saturated rings. The Labute approximate surface area is 134 Å². The van der Waals surface area contributed by atoms with Crippen molar-refractivity contribution in [1.82, 2.24) is 19.2 Å². The second kappa shape index (κ2) is 5.77. The number of nitrogens with one attached hydrogen (secondary N) is 1. The summed E-state index contributed by atoms with van der Waals surface area (Å²) >= 11 is 0. The molecule has 0 atom stereocenters. The van der Waals surface area contributed by atoms with Gasteiger partial charge in [-0.2, -0.15) is 14.6 Å². The molecule has 0 amide bonds. The molecule has 2 aromatic heterocycles. The SMILES string of the molecule is Cc1nn2c3ccccc3n(CC[NH+]3CCCCC3)c2nc1=O. The van der Waals surface area contributed by atoms with Gasteiger partial charge in [0, 0.05) is 0 Å². The second-order valence-electron chi connectivity index (χ2n) is 6.42. The van der Waals surface area contributed by atoms with Crippen molar-refractivity contribution < 1.29 is 4.90 Å². The molecule has 1 saturated heterocycles. The molecule has 3 heterocycles. The first-order valence-corrected chi connectivity index (χ1v) is 8.42. The van der Waals surface area contributed by atoms with Gasteiger partial charge in [-0.25, -0.2) is 0 Å². The Bertz CT molecular complexity index is 904. The normalized spacial score (nSPS) is 16.4. The molecule has 0 unspecified atom stereocenters. The Morgan fingerprint density at radius 3 is 2.65 bits per heavy atom. The average molecular weight is 312 g/mol. The third-order valence-electron chi connectivity index (χ3n) is 4.84. The van der Waals surface area contributed by atoms with Crippen molar-refractivity contribution in [3.8, 4) is 0 Å². The Kier molecular flexibility index (Phi) is 3.61. The molecule has 0 bridgehead atoms. The zero-order chi connectivity index (χ0) is 15.8. The van der Waals surface area contributed by atoms with Crippen LogP contribution in [0.2, 0.25) is 0 Å². The van der Waals surface area contributed by atoms with Crippen molar-refractivity contribution in [3.05, 3.63) is 40.3 Å². The van der Waals surface area contributed by atoms with Crippen LogP contribution in [0.1, 0.15) is 25.0 Å². The maximum absolute atomic E-state index is 12.0. The molecule has 1 N–H and O–H groups in total. The number of nitrogens with zero attached hydrogens (tertiary/aromatic N) is 4. The lowest BCUT2D eigenvalue weighted by atomic mass is 10.1. The number of piperidine rings is 1. The summed E-state index contributed by atoms with van der Waals surface area (Å²) in [5, 5.41) is 4.43. The third kappa shape index (κ3) is 2.53. The number of hydrogen-bond acceptors (Lipinski definition) is 3. The molecule has 1 aliphatic heterocycles. The van der Waals surface area contributed by atoms with Crippen LogP contribution in [0.4, 0.5) is 0 Å². The predicted molar refractivity (Wildman–Crippen MR) is 88.9 cm³/mol. The van der Waals surface area contributed by atoms with Crippen molar-refractivity contribution >= 4 is 16.8 Å². The van der Waals surface area contributed by atoms with Crippen LogP contribution in [-0.4, -0.2) is 38.8 Å². The van der Waals surface area contributed by atoms with Gasteiger partial charge in [-0.15, -0.1) is 0 Å². The first-order valence-electron chi connectivity index (χ1n) is 8.42. The van der Waals surface area contributed by atoms with Crippen LogP contribution >= 0.6 is 0 Å². The summed E-state index contributed by atoms with van der Waals surface area (Å²) in [5.74, 6) is 0.651. The van der Waals surface area contributed by atoms with Gasteiger partial charge in [-0.1, -0.05) is 12.1 Å². The molecule has 0 spiro atoms. The topological polar surface area (TPSA) is 56.6 Å². The van der Waals surface area contributed by atoms with Crippen LogP contribution in [0, 0.1) is 6.92 Å². The van der Waals surface area contributed by atoms with Gasteiger partial charge in [0.25, 0.3) is 5.56 Å². The lowest BCUT2D eigenvalue weighted by molar-refractivity contribution is -0.905. The van der Waals surface area contributed by atoms with Gasteiger partial charge >= 0.3 is 0 Å². The van der Waals surface area contributed by atoms with E-state index < -0.39 is 0 Å². The van der Waals surface area contributed by atoms with E-state index >= 15 is 0 Å². The molecule has 1 aliphatic rings. The number of quaternary nitrogens is 1. The summed E-state index contributed by atoms with van der Waals surface area (Å²) in [6.07, 6.45) is 4.00. The van der Waals surface area contributed by atoms with E-state index in [0.717, 1.165) is 24.1 Å². The number of likely N-dealkylation sites (tertiary alicyclic amines) is 1. The summed E-state index contributed by atoms with van der Waals surface area (Å²) in [4.78, 5) is 17.9. The molecule has 0 aliphatic carbocycles. The van der Waals surface area contributed by atoms with E-state index in [9.17, 15) is 4.79 Å². The third-order valence-corrected chi connectivity index (χ3v) is 4.84. The van der Waals surface area contributed by atoms with Gasteiger partial charge in [0.15, 0.2) is 0 Å². The molecule has 6 nitrogen and oxygen atoms in total. The van der Waals surface area contributed by atoms with Gasteiger partial charge in [0.05, 0.1) is 37.2 Å². The van der Waals surface area contributed by atoms with Crippen molar-refractivity contribution in [3.63, 3.8) is 0 Å². The zero-order valence-electron chi connectivity index (χ0n) is 13.5. The highest BCUT2D eigenvalue weighted by atomic mass is 16.1. The van der Waals surface area contributed by atoms with E-state index in [4.69, 9.17) is 0 Å². The van der Waals surface area contributed by atoms with Crippen molar-refractivity contribution in [1.29, 1.82) is 0 Å². The van der Waals surface area contributed by atoms with Crippen LogP contribution < -0.4 is 10.5 Å². The highest BCUT2D eigenvalue weighted by Crippen LogP contribution is 2.17. The minimum atomic E-state index is -0.237. The Hall–Kier alpha value is -2.21. The summed E-state index contributed by atoms with van der Waals surface area (Å²) < 4.78 is 3.95. The molecular formula is C17H22N5O+. The molecule has 23 heavy (non-hydrogen) atoms. The Morgan fingerprint density at radius 1 is 1.13 bits per heavy atom. The van der Waals surface area contributed by atoms with Crippen molar-refractivity contribution in [2.24, 2.45) is 0 Å². The number of aryl methyl sites for hydroxylation is 1. The molecule has 0 radical (unpaired) electrons. The molecule has 3 aromatic rings. The Morgan fingerprint density at radius 2 is 1.87 bits per heavy atom. The van der Waals surface area contributed by atoms with E-state index in [-0.39, 0.29) is 5.56 Å². The number of aromatic nitrogens is 4. The van der Waals surface area contributed by atoms with E-state index in [0.29, 0.717) is 11.5 Å². The molecule has 120 valence electrons. The largest absolute Gasteiger partial charge is 0.333 e. The van der Waals surface area contributed by atoms with Crippen LogP contribution in [0.3, 0.4) is 0 Å². The van der Waals surface area contributed by atoms with Crippen LogP contribution in [0.15, 0.2) is 29.1 Å². The number of imidazole rings is 1. The Balaban J connectivity index is 1.79. The summed E-state index contributed by atoms with van der Waals surface area (Å²) in [6.45, 7) is 6.15. The molecule has 1 aromatic carbocycles. The van der Waals surface area contributed by atoms with E-state index in [1.807, 2.05) is 18.2 Å². The van der Waals surface area contributed by atoms with Gasteiger partial charge in [0.1, 0.15) is 5.69 Å². The van der Waals surface area contributed by atoms with Gasteiger partial charge in [-0.3, -0.25) is 4.79 Å². The fourth-order valence-electron chi connectivity index (χ4n) is 3.56. The van der Waals surface area contributed by atoms with Crippen LogP contribution in [0.5, 0.6) is 0 Å². The minimum Gasteiger partial charge on any atom is -0.333 e. The lowest BCUT2D eigenvalue weighted by Crippen LogP contribution is -3.13. The molecular weight excluding hydrogens is 290 g/mol. The first kappa shape index (κ1) is 14.4. The first-order chi connectivity index (χ1) is 11.2. The molecule has 4 rings (SSSR count). The lowest BCUT2D eigenvalue weighted by Gasteiger charge is -2.23. The summed E-state index contributed by atoms with van der Waals surface area (Å²) in [6, 6.07) is 8.14. The van der Waals surface area contributed by atoms with Crippen molar-refractivity contribution in [2.45, 2.75) is 32.7 Å². The second-order valence-corrected chi connectivity index (χ2v) is 6.42. The van der Waals surface area contributed by atoms with Gasteiger partial charge in [0.2, 0.25) is 5.78 Å². The standard InChI is InChI=1S/C17H21N5O/c1-13-16(23)18-17-21(12-11-20-9-5-2-6-10-20)14-7-3-4-8-15(14)22(17)19-13/h3-4,7-8H,2,5-6,9-12H2,1H3/p+1. The number of para-hydroxylation sites is 2. The number of hydrogen-bond donors (Lipinski definition) is 1. The highest BCUT2D eigenvalue weighted by Gasteiger charge is 2.17. The molecule has 6 heteroatoms. The number of benzene rings is 1.